The molecule has 104 valence electrons. The molecular weight excluding hydrogens is 591 g/mol. The lowest BCUT2D eigenvalue weighted by molar-refractivity contribution is -0.150. The van der Waals surface area contributed by atoms with Crippen LogP contribution in [0.25, 0.3) is 0 Å². The zero-order valence-corrected chi connectivity index (χ0v) is 16.2. The molecule has 5 nitrogen and oxygen atoms in total. The molecule has 0 heterocycles. The van der Waals surface area contributed by atoms with Crippen molar-refractivity contribution < 1.29 is 19.4 Å². The average molecular weight is 601 g/mol. The summed E-state index contributed by atoms with van der Waals surface area (Å²) in [5.41, 5.74) is 0.721. The van der Waals surface area contributed by atoms with Crippen LogP contribution in [0.1, 0.15) is 6.92 Å². The van der Waals surface area contributed by atoms with Gasteiger partial charge in [-0.1, -0.05) is 0 Å². The third-order valence-electron chi connectivity index (χ3n) is 2.08. The molecule has 0 saturated heterocycles. The van der Waals surface area contributed by atoms with Crippen LogP contribution in [-0.4, -0.2) is 29.7 Å². The van der Waals surface area contributed by atoms with E-state index in [4.69, 9.17) is 9.84 Å². The number of carbonyl (C=O) groups is 2. The fourth-order valence-electron chi connectivity index (χ4n) is 1.11. The topological polar surface area (TPSA) is 75.6 Å². The van der Waals surface area contributed by atoms with E-state index >= 15 is 0 Å². The Labute approximate surface area is 151 Å². The highest BCUT2D eigenvalue weighted by Crippen LogP contribution is 2.27. The molecule has 0 aliphatic heterocycles. The predicted octanol–water partition coefficient (Wildman–Crippen LogP) is 2.93. The summed E-state index contributed by atoms with van der Waals surface area (Å²) in [6.45, 7) is 1.10. The summed E-state index contributed by atoms with van der Waals surface area (Å²) >= 11 is 6.48. The predicted molar refractivity (Wildman–Crippen MR) is 96.3 cm³/mol. The zero-order chi connectivity index (χ0) is 14.6. The molecule has 1 aromatic carbocycles. The summed E-state index contributed by atoms with van der Waals surface area (Å²) in [7, 11) is 0. The van der Waals surface area contributed by atoms with Gasteiger partial charge < -0.3 is 15.2 Å². The maximum atomic E-state index is 11.7. The minimum Gasteiger partial charge on any atom is -0.479 e. The average Bonchev–Trinajstić information content (AvgIpc) is 2.30. The zero-order valence-electron chi connectivity index (χ0n) is 9.75. The van der Waals surface area contributed by atoms with E-state index in [9.17, 15) is 9.59 Å². The van der Waals surface area contributed by atoms with E-state index < -0.39 is 12.1 Å². The van der Waals surface area contributed by atoms with Crippen molar-refractivity contribution in [3.63, 3.8) is 0 Å². The molecule has 0 spiro atoms. The van der Waals surface area contributed by atoms with Gasteiger partial charge >= 0.3 is 5.97 Å². The lowest BCUT2D eigenvalue weighted by Crippen LogP contribution is -2.27. The van der Waals surface area contributed by atoms with E-state index in [0.717, 1.165) is 16.4 Å². The Bertz CT molecular complexity index is 484. The summed E-state index contributed by atoms with van der Waals surface area (Å²) in [5, 5.41) is 11.4. The minimum atomic E-state index is -1.09. The van der Waals surface area contributed by atoms with Crippen LogP contribution in [0, 0.1) is 10.7 Å². The molecule has 1 aromatic rings. The second-order valence-corrected chi connectivity index (χ2v) is 7.15. The maximum Gasteiger partial charge on any atom is 0.332 e. The molecule has 0 radical (unpaired) electrons. The number of benzene rings is 1. The monoisotopic (exact) mass is 601 g/mol. The van der Waals surface area contributed by atoms with E-state index in [1.54, 1.807) is 0 Å². The number of halogens is 3. The van der Waals surface area contributed by atoms with E-state index in [0.29, 0.717) is 0 Å². The summed E-state index contributed by atoms with van der Waals surface area (Å²) in [5.74, 6) is -1.46. The molecule has 1 rings (SSSR count). The lowest BCUT2D eigenvalue weighted by Gasteiger charge is -2.12. The van der Waals surface area contributed by atoms with Gasteiger partial charge in [-0.15, -0.1) is 0 Å². The molecule has 2 N–H and O–H groups in total. The van der Waals surface area contributed by atoms with Crippen LogP contribution in [0.2, 0.25) is 0 Å². The molecule has 0 aliphatic rings. The Morgan fingerprint density at radius 3 is 2.32 bits per heavy atom. The van der Waals surface area contributed by atoms with Crippen molar-refractivity contribution >= 4 is 85.3 Å². The second kappa shape index (κ2) is 7.93. The van der Waals surface area contributed by atoms with Crippen LogP contribution < -0.4 is 5.32 Å². The number of carboxylic acids is 1. The van der Waals surface area contributed by atoms with Crippen LogP contribution in [0.5, 0.6) is 0 Å². The summed E-state index contributed by atoms with van der Waals surface area (Å²) in [4.78, 5) is 22.2. The van der Waals surface area contributed by atoms with Gasteiger partial charge in [0.2, 0.25) is 5.91 Å². The molecule has 0 bridgehead atoms. The summed E-state index contributed by atoms with van der Waals surface area (Å²) in [6, 6.07) is 3.89. The minimum absolute atomic E-state index is 0.286. The van der Waals surface area contributed by atoms with E-state index in [1.165, 1.54) is 6.92 Å². The summed E-state index contributed by atoms with van der Waals surface area (Å²) in [6.07, 6.45) is -0.999. The molecule has 1 atom stereocenters. The Morgan fingerprint density at radius 1 is 1.32 bits per heavy atom. The van der Waals surface area contributed by atoms with Gasteiger partial charge in [-0.25, -0.2) is 4.79 Å². The second-order valence-electron chi connectivity index (χ2n) is 3.58. The first kappa shape index (κ1) is 17.4. The highest BCUT2D eigenvalue weighted by atomic mass is 127. The van der Waals surface area contributed by atoms with Crippen LogP contribution in [-0.2, 0) is 14.3 Å². The Morgan fingerprint density at radius 2 is 1.84 bits per heavy atom. The molecule has 0 aromatic heterocycles. The van der Waals surface area contributed by atoms with Crippen LogP contribution in [0.4, 0.5) is 5.69 Å². The fourth-order valence-corrected chi connectivity index (χ4v) is 4.96. The quantitative estimate of drug-likeness (QED) is 0.510. The van der Waals surface area contributed by atoms with Gasteiger partial charge in [0.15, 0.2) is 6.10 Å². The van der Waals surface area contributed by atoms with Crippen molar-refractivity contribution in [2.24, 2.45) is 0 Å². The first-order valence-corrected chi connectivity index (χ1v) is 8.33. The van der Waals surface area contributed by atoms with Gasteiger partial charge in [0.25, 0.3) is 0 Å². The highest BCUT2D eigenvalue weighted by molar-refractivity contribution is 14.1. The maximum absolute atomic E-state index is 11.7. The van der Waals surface area contributed by atoms with Crippen LogP contribution in [0.15, 0.2) is 12.1 Å². The standard InChI is InChI=1S/C11H10I3NO4/c1-5(11(17)18)19-4-9(16)15-10-7(13)2-6(12)3-8(10)14/h2-3,5H,4H2,1H3,(H,15,16)(H,17,18). The smallest absolute Gasteiger partial charge is 0.332 e. The van der Waals surface area contributed by atoms with E-state index in [1.807, 2.05) is 12.1 Å². The largest absolute Gasteiger partial charge is 0.479 e. The SMILES string of the molecule is CC(OCC(=O)Nc1c(I)cc(I)cc1I)C(=O)O. The van der Waals surface area contributed by atoms with Gasteiger partial charge in [0.05, 0.1) is 5.69 Å². The Hall–Kier alpha value is 0.310. The van der Waals surface area contributed by atoms with Gasteiger partial charge in [0, 0.05) is 10.7 Å². The number of nitrogens with one attached hydrogen (secondary N) is 1. The van der Waals surface area contributed by atoms with Crippen molar-refractivity contribution in [1.29, 1.82) is 0 Å². The number of carbonyl (C=O) groups excluding carboxylic acids is 1. The van der Waals surface area contributed by atoms with Gasteiger partial charge in [0.1, 0.15) is 6.61 Å². The third-order valence-corrected chi connectivity index (χ3v) is 4.41. The molecule has 0 aliphatic carbocycles. The van der Waals surface area contributed by atoms with E-state index in [-0.39, 0.29) is 12.5 Å². The number of rotatable bonds is 5. The van der Waals surface area contributed by atoms with Crippen molar-refractivity contribution in [1.82, 2.24) is 0 Å². The molecule has 0 fully saturated rings. The van der Waals surface area contributed by atoms with Crippen molar-refractivity contribution in [3.05, 3.63) is 22.8 Å². The normalized spacial score (nSPS) is 12.0. The molecule has 1 amide bonds. The van der Waals surface area contributed by atoms with Crippen molar-refractivity contribution in [2.75, 3.05) is 11.9 Å². The van der Waals surface area contributed by atoms with Crippen molar-refractivity contribution in [3.8, 4) is 0 Å². The van der Waals surface area contributed by atoms with Crippen molar-refractivity contribution in [2.45, 2.75) is 13.0 Å². The number of anilines is 1. The number of amides is 1. The molecule has 0 saturated carbocycles. The first-order chi connectivity index (χ1) is 8.81. The molecule has 8 heteroatoms. The number of ether oxygens (including phenoxy) is 1. The van der Waals surface area contributed by atoms with Crippen LogP contribution in [0.3, 0.4) is 0 Å². The Balaban J connectivity index is 2.65. The summed E-state index contributed by atoms with van der Waals surface area (Å²) < 4.78 is 7.86. The van der Waals surface area contributed by atoms with Gasteiger partial charge in [-0.05, 0) is 86.8 Å². The number of aliphatic carboxylic acids is 1. The highest BCUT2D eigenvalue weighted by Gasteiger charge is 2.15. The van der Waals surface area contributed by atoms with Gasteiger partial charge in [-0.2, -0.15) is 0 Å². The lowest BCUT2D eigenvalue weighted by atomic mass is 10.3. The number of carboxylic acid groups (broad SMARTS) is 1. The number of hydrogen-bond donors (Lipinski definition) is 2. The Kier molecular flexibility index (Phi) is 7.24. The first-order valence-electron chi connectivity index (χ1n) is 5.10. The molecule has 1 unspecified atom stereocenters. The third kappa shape index (κ3) is 5.67. The molecular formula is C11H10I3NO4. The van der Waals surface area contributed by atoms with Crippen LogP contribution >= 0.6 is 67.8 Å². The molecule has 19 heavy (non-hydrogen) atoms. The van der Waals surface area contributed by atoms with Gasteiger partial charge in [-0.3, -0.25) is 4.79 Å². The van der Waals surface area contributed by atoms with E-state index in [2.05, 4.69) is 73.1 Å². The fraction of sp³-hybridized carbons (Fsp3) is 0.273. The number of hydrogen-bond acceptors (Lipinski definition) is 3.